The number of hydrogen-bond acceptors (Lipinski definition) is 1. The Hall–Kier alpha value is -1.31. The monoisotopic (exact) mass is 116 g/mol. The molecule has 0 saturated heterocycles. The average Bonchev–Trinajstić information content (AvgIpc) is 2.33. The van der Waals surface area contributed by atoms with Gasteiger partial charge in [-0.1, -0.05) is 6.07 Å². The van der Waals surface area contributed by atoms with Gasteiger partial charge in [0.25, 0.3) is 0 Å². The first-order valence-corrected chi connectivity index (χ1v) is 2.69. The molecule has 0 aliphatic carbocycles. The van der Waals surface area contributed by atoms with Crippen LogP contribution in [0.3, 0.4) is 0 Å². The van der Waals surface area contributed by atoms with E-state index in [1.54, 1.807) is 0 Å². The number of hydrogen-bond donors (Lipinski definition) is 1. The summed E-state index contributed by atoms with van der Waals surface area (Å²) in [6, 6.07) is 8.53. The highest BCUT2D eigenvalue weighted by molar-refractivity contribution is 5.76. The quantitative estimate of drug-likeness (QED) is 0.549. The highest BCUT2D eigenvalue weighted by Crippen LogP contribution is 2.05. The number of rotatable bonds is 0. The molecule has 1 N–H and O–H groups in total. The topological polar surface area (TPSA) is 28.7 Å². The van der Waals surface area contributed by atoms with E-state index in [2.05, 4.69) is 22.5 Å². The first-order chi connectivity index (χ1) is 4.47. The molecule has 0 spiro atoms. The Kier molecular flexibility index (Phi) is 0.803. The third-order valence-corrected chi connectivity index (χ3v) is 1.22. The summed E-state index contributed by atoms with van der Waals surface area (Å²) < 4.78 is 0. The lowest BCUT2D eigenvalue weighted by atomic mass is 10.3. The van der Waals surface area contributed by atoms with Gasteiger partial charge in [0.15, 0.2) is 0 Å². The van der Waals surface area contributed by atoms with Gasteiger partial charge in [0.2, 0.25) is 0 Å². The molecule has 0 aliphatic rings. The van der Waals surface area contributed by atoms with Crippen LogP contribution in [0.1, 0.15) is 0 Å². The van der Waals surface area contributed by atoms with Crippen LogP contribution < -0.4 is 0 Å². The van der Waals surface area contributed by atoms with Crippen molar-refractivity contribution < 1.29 is 0 Å². The fourth-order valence-corrected chi connectivity index (χ4v) is 0.769. The molecule has 2 nitrogen and oxygen atoms in total. The second-order valence-corrected chi connectivity index (χ2v) is 1.81. The largest absolute Gasteiger partial charge is 0.277 e. The van der Waals surface area contributed by atoms with Gasteiger partial charge < -0.3 is 0 Å². The van der Waals surface area contributed by atoms with Crippen molar-refractivity contribution in [2.24, 2.45) is 0 Å². The molecular formula is C7H4N2. The van der Waals surface area contributed by atoms with Crippen molar-refractivity contribution >= 4 is 10.9 Å². The standard InChI is InChI=1S/C7H4N2/c1-2-4-7-6(3-1)5-8-9-7/h1,3-4H,(H,8,9). The predicted octanol–water partition coefficient (Wildman–Crippen LogP) is 1.16. The van der Waals surface area contributed by atoms with E-state index >= 15 is 0 Å². The molecule has 1 aromatic carbocycles. The fraction of sp³-hybridized carbons (Fsp3) is 0. The fourth-order valence-electron chi connectivity index (χ4n) is 0.769. The van der Waals surface area contributed by atoms with E-state index in [0.29, 0.717) is 0 Å². The summed E-state index contributed by atoms with van der Waals surface area (Å²) in [5, 5.41) is 7.52. The molecule has 0 aliphatic heterocycles. The summed E-state index contributed by atoms with van der Waals surface area (Å²) in [5.74, 6) is 0. The zero-order valence-electron chi connectivity index (χ0n) is 4.68. The Morgan fingerprint density at radius 1 is 1.56 bits per heavy atom. The van der Waals surface area contributed by atoms with Crippen LogP contribution in [0.15, 0.2) is 18.2 Å². The summed E-state index contributed by atoms with van der Waals surface area (Å²) in [6.45, 7) is 0. The lowest BCUT2D eigenvalue weighted by Gasteiger charge is -1.80. The van der Waals surface area contributed by atoms with Crippen molar-refractivity contribution in [3.05, 3.63) is 30.5 Å². The van der Waals surface area contributed by atoms with Crippen molar-refractivity contribution in [3.63, 3.8) is 0 Å². The second-order valence-electron chi connectivity index (χ2n) is 1.81. The molecule has 0 unspecified atom stereocenters. The highest BCUT2D eigenvalue weighted by atomic mass is 15.1. The summed E-state index contributed by atoms with van der Waals surface area (Å²) in [4.78, 5) is 0. The van der Waals surface area contributed by atoms with E-state index in [-0.39, 0.29) is 0 Å². The lowest BCUT2D eigenvalue weighted by molar-refractivity contribution is 1.11. The number of aromatic nitrogens is 2. The van der Waals surface area contributed by atoms with Crippen molar-refractivity contribution in [2.75, 3.05) is 0 Å². The maximum atomic E-state index is 3.73. The molecule has 2 aromatic rings. The Labute approximate surface area is 52.5 Å². The van der Waals surface area contributed by atoms with E-state index in [4.69, 9.17) is 0 Å². The van der Waals surface area contributed by atoms with Crippen molar-refractivity contribution in [1.29, 1.82) is 0 Å². The van der Waals surface area contributed by atoms with E-state index in [9.17, 15) is 0 Å². The minimum Gasteiger partial charge on any atom is -0.277 e. The SMILES string of the molecule is [c]1ccc2[c]n[nH]c2c1. The van der Waals surface area contributed by atoms with E-state index < -0.39 is 0 Å². The summed E-state index contributed by atoms with van der Waals surface area (Å²) >= 11 is 0. The summed E-state index contributed by atoms with van der Waals surface area (Å²) in [5.41, 5.74) is 0.984. The molecule has 9 heavy (non-hydrogen) atoms. The predicted molar refractivity (Wildman–Crippen MR) is 33.8 cm³/mol. The molecule has 1 heterocycles. The van der Waals surface area contributed by atoms with Gasteiger partial charge in [-0.2, -0.15) is 5.10 Å². The van der Waals surface area contributed by atoms with Crippen LogP contribution in [0.4, 0.5) is 0 Å². The van der Waals surface area contributed by atoms with Gasteiger partial charge in [0, 0.05) is 5.39 Å². The molecule has 2 radical (unpaired) electrons. The van der Waals surface area contributed by atoms with Gasteiger partial charge in [-0.15, -0.1) is 0 Å². The Morgan fingerprint density at radius 3 is 3.44 bits per heavy atom. The maximum Gasteiger partial charge on any atom is 0.121 e. The average molecular weight is 116 g/mol. The molecule has 2 rings (SSSR count). The first kappa shape index (κ1) is 4.56. The molecule has 0 amide bonds. The molecule has 0 saturated carbocycles. The Balaban J connectivity index is 2.95. The molecular weight excluding hydrogens is 112 g/mol. The number of benzene rings is 1. The zero-order valence-corrected chi connectivity index (χ0v) is 4.68. The maximum absolute atomic E-state index is 3.73. The molecule has 1 aromatic heterocycles. The van der Waals surface area contributed by atoms with Gasteiger partial charge in [-0.25, -0.2) is 0 Å². The van der Waals surface area contributed by atoms with Gasteiger partial charge in [0.1, 0.15) is 6.20 Å². The van der Waals surface area contributed by atoms with Crippen molar-refractivity contribution in [2.45, 2.75) is 0 Å². The number of aromatic amines is 1. The Morgan fingerprint density at radius 2 is 2.56 bits per heavy atom. The smallest absolute Gasteiger partial charge is 0.121 e. The molecule has 0 bridgehead atoms. The van der Waals surface area contributed by atoms with E-state index in [1.807, 2.05) is 18.2 Å². The number of nitrogens with one attached hydrogen (secondary N) is 1. The molecule has 42 valence electrons. The van der Waals surface area contributed by atoms with Crippen LogP contribution in [0.25, 0.3) is 10.9 Å². The number of nitrogens with zero attached hydrogens (tertiary/aromatic N) is 1. The van der Waals surface area contributed by atoms with Crippen molar-refractivity contribution in [1.82, 2.24) is 10.2 Å². The molecule has 2 heteroatoms. The second kappa shape index (κ2) is 1.58. The lowest BCUT2D eigenvalue weighted by Crippen LogP contribution is -1.64. The molecule has 0 fully saturated rings. The number of H-pyrrole nitrogens is 1. The minimum atomic E-state index is 0.984. The first-order valence-electron chi connectivity index (χ1n) is 2.69. The van der Waals surface area contributed by atoms with Crippen LogP contribution >= 0.6 is 0 Å². The van der Waals surface area contributed by atoms with Crippen LogP contribution in [-0.2, 0) is 0 Å². The third-order valence-electron chi connectivity index (χ3n) is 1.22. The zero-order chi connectivity index (χ0) is 6.10. The minimum absolute atomic E-state index is 0.984. The summed E-state index contributed by atoms with van der Waals surface area (Å²) in [6.07, 6.45) is 2.79. The van der Waals surface area contributed by atoms with Gasteiger partial charge >= 0.3 is 0 Å². The normalized spacial score (nSPS) is 10.2. The van der Waals surface area contributed by atoms with Crippen LogP contribution in [0, 0.1) is 12.3 Å². The van der Waals surface area contributed by atoms with Gasteiger partial charge in [-0.05, 0) is 18.2 Å². The van der Waals surface area contributed by atoms with Crippen LogP contribution in [-0.4, -0.2) is 10.2 Å². The van der Waals surface area contributed by atoms with Gasteiger partial charge in [-0.3, -0.25) is 5.10 Å². The summed E-state index contributed by atoms with van der Waals surface area (Å²) in [7, 11) is 0. The van der Waals surface area contributed by atoms with E-state index in [0.717, 1.165) is 10.9 Å². The van der Waals surface area contributed by atoms with Crippen molar-refractivity contribution in [3.8, 4) is 0 Å². The van der Waals surface area contributed by atoms with E-state index in [1.165, 1.54) is 0 Å². The highest BCUT2D eigenvalue weighted by Gasteiger charge is 1.89. The molecule has 0 atom stereocenters. The third kappa shape index (κ3) is 0.598. The van der Waals surface area contributed by atoms with Gasteiger partial charge in [0.05, 0.1) is 5.52 Å². The number of fused-ring (bicyclic) bond motifs is 1. The van der Waals surface area contributed by atoms with Crippen LogP contribution in [0.2, 0.25) is 0 Å². The Bertz CT molecular complexity index is 281. The van der Waals surface area contributed by atoms with Crippen LogP contribution in [0.5, 0.6) is 0 Å².